The highest BCUT2D eigenvalue weighted by Gasteiger charge is 2.34. The van der Waals surface area contributed by atoms with E-state index in [0.717, 1.165) is 5.82 Å². The van der Waals surface area contributed by atoms with Gasteiger partial charge in [-0.3, -0.25) is 4.79 Å². The van der Waals surface area contributed by atoms with E-state index in [1.54, 1.807) is 4.57 Å². The van der Waals surface area contributed by atoms with Gasteiger partial charge >= 0.3 is 0 Å². The number of carbonyl (C=O) groups is 1. The van der Waals surface area contributed by atoms with Crippen molar-refractivity contribution in [1.82, 2.24) is 14.8 Å². The SMILES string of the molecule is Cc1nnc(C(=O)C(C)C2CC2)n1C. The van der Waals surface area contributed by atoms with Crippen molar-refractivity contribution in [2.45, 2.75) is 26.7 Å². The van der Waals surface area contributed by atoms with Crippen LogP contribution in [-0.2, 0) is 7.05 Å². The minimum atomic E-state index is 0.109. The maximum atomic E-state index is 11.9. The average molecular weight is 193 g/mol. The molecule has 1 aliphatic carbocycles. The Morgan fingerprint density at radius 2 is 2.14 bits per heavy atom. The minimum absolute atomic E-state index is 0.109. The van der Waals surface area contributed by atoms with Crippen LogP contribution in [0.15, 0.2) is 0 Å². The first-order valence-electron chi connectivity index (χ1n) is 5.01. The molecule has 0 spiro atoms. The molecule has 0 radical (unpaired) electrons. The van der Waals surface area contributed by atoms with Crippen LogP contribution in [0.4, 0.5) is 0 Å². The fraction of sp³-hybridized carbons (Fsp3) is 0.700. The van der Waals surface area contributed by atoms with Crippen LogP contribution in [0.2, 0.25) is 0 Å². The molecule has 0 N–H and O–H groups in total. The lowest BCUT2D eigenvalue weighted by Crippen LogP contribution is -2.18. The molecule has 14 heavy (non-hydrogen) atoms. The zero-order valence-electron chi connectivity index (χ0n) is 8.82. The molecule has 4 heteroatoms. The Bertz CT molecular complexity index is 365. The molecule has 0 saturated heterocycles. The van der Waals surface area contributed by atoms with Crippen molar-refractivity contribution in [3.05, 3.63) is 11.6 Å². The second-order valence-electron chi connectivity index (χ2n) is 4.12. The van der Waals surface area contributed by atoms with Crippen molar-refractivity contribution in [2.75, 3.05) is 0 Å². The van der Waals surface area contributed by atoms with Crippen molar-refractivity contribution in [1.29, 1.82) is 0 Å². The summed E-state index contributed by atoms with van der Waals surface area (Å²) >= 11 is 0. The molecule has 1 aromatic rings. The lowest BCUT2D eigenvalue weighted by molar-refractivity contribution is 0.0901. The van der Waals surface area contributed by atoms with Crippen LogP contribution in [0.25, 0.3) is 0 Å². The zero-order valence-corrected chi connectivity index (χ0v) is 8.82. The maximum Gasteiger partial charge on any atom is 0.203 e. The van der Waals surface area contributed by atoms with Gasteiger partial charge in [0.05, 0.1) is 0 Å². The van der Waals surface area contributed by atoms with Gasteiger partial charge in [0.1, 0.15) is 5.82 Å². The Morgan fingerprint density at radius 1 is 1.50 bits per heavy atom. The third-order valence-corrected chi connectivity index (χ3v) is 3.06. The van der Waals surface area contributed by atoms with E-state index in [-0.39, 0.29) is 11.7 Å². The van der Waals surface area contributed by atoms with Gasteiger partial charge < -0.3 is 4.57 Å². The summed E-state index contributed by atoms with van der Waals surface area (Å²) in [5.41, 5.74) is 0. The standard InChI is InChI=1S/C10H15N3O/c1-6(8-4-5-8)9(14)10-12-11-7(2)13(10)3/h6,8H,4-5H2,1-3H3. The van der Waals surface area contributed by atoms with Crippen molar-refractivity contribution in [3.63, 3.8) is 0 Å². The van der Waals surface area contributed by atoms with Crippen LogP contribution in [-0.4, -0.2) is 20.5 Å². The molecular weight excluding hydrogens is 178 g/mol. The summed E-state index contributed by atoms with van der Waals surface area (Å²) in [4.78, 5) is 11.9. The Morgan fingerprint density at radius 3 is 2.57 bits per heavy atom. The van der Waals surface area contributed by atoms with Gasteiger partial charge in [-0.2, -0.15) is 0 Å². The maximum absolute atomic E-state index is 11.9. The number of rotatable bonds is 3. The van der Waals surface area contributed by atoms with Gasteiger partial charge in [0.15, 0.2) is 5.82 Å². The largest absolute Gasteiger partial charge is 0.312 e. The van der Waals surface area contributed by atoms with E-state index in [1.807, 2.05) is 20.9 Å². The van der Waals surface area contributed by atoms with Gasteiger partial charge in [-0.15, -0.1) is 10.2 Å². The lowest BCUT2D eigenvalue weighted by atomic mass is 10.0. The molecule has 1 aromatic heterocycles. The summed E-state index contributed by atoms with van der Waals surface area (Å²) in [5, 5.41) is 7.80. The molecule has 76 valence electrons. The van der Waals surface area contributed by atoms with Gasteiger partial charge in [-0.1, -0.05) is 6.92 Å². The molecule has 1 aliphatic rings. The number of aryl methyl sites for hydroxylation is 1. The summed E-state index contributed by atoms with van der Waals surface area (Å²) in [5.74, 6) is 2.12. The third kappa shape index (κ3) is 1.45. The molecule has 1 unspecified atom stereocenters. The van der Waals surface area contributed by atoms with E-state index in [1.165, 1.54) is 12.8 Å². The van der Waals surface area contributed by atoms with Crippen LogP contribution in [0.1, 0.15) is 36.2 Å². The van der Waals surface area contributed by atoms with E-state index in [4.69, 9.17) is 0 Å². The average Bonchev–Trinajstić information content (AvgIpc) is 2.95. The minimum Gasteiger partial charge on any atom is -0.312 e. The number of Topliss-reactive ketones (excluding diaryl/α,β-unsaturated/α-hetero) is 1. The summed E-state index contributed by atoms with van der Waals surface area (Å²) in [6.45, 7) is 3.84. The topological polar surface area (TPSA) is 47.8 Å². The van der Waals surface area contributed by atoms with Crippen LogP contribution in [0.3, 0.4) is 0 Å². The molecule has 0 aliphatic heterocycles. The lowest BCUT2D eigenvalue weighted by Gasteiger charge is -2.07. The predicted molar refractivity (Wildman–Crippen MR) is 52.0 cm³/mol. The molecule has 1 heterocycles. The van der Waals surface area contributed by atoms with Gasteiger partial charge in [0, 0.05) is 13.0 Å². The first kappa shape index (κ1) is 9.37. The van der Waals surface area contributed by atoms with Crippen molar-refractivity contribution in [3.8, 4) is 0 Å². The van der Waals surface area contributed by atoms with Crippen LogP contribution >= 0.6 is 0 Å². The van der Waals surface area contributed by atoms with E-state index in [0.29, 0.717) is 11.7 Å². The number of aromatic nitrogens is 3. The predicted octanol–water partition coefficient (Wildman–Crippen LogP) is 1.35. The van der Waals surface area contributed by atoms with E-state index < -0.39 is 0 Å². The summed E-state index contributed by atoms with van der Waals surface area (Å²) < 4.78 is 1.77. The second-order valence-corrected chi connectivity index (χ2v) is 4.12. The highest BCUT2D eigenvalue weighted by molar-refractivity contribution is 5.94. The van der Waals surface area contributed by atoms with Crippen LogP contribution < -0.4 is 0 Å². The summed E-state index contributed by atoms with van der Waals surface area (Å²) in [6.07, 6.45) is 2.37. The summed E-state index contributed by atoms with van der Waals surface area (Å²) in [6, 6.07) is 0. The summed E-state index contributed by atoms with van der Waals surface area (Å²) in [7, 11) is 1.84. The van der Waals surface area contributed by atoms with Crippen LogP contribution in [0.5, 0.6) is 0 Å². The molecule has 0 amide bonds. The Labute approximate surface area is 83.3 Å². The number of carbonyl (C=O) groups excluding carboxylic acids is 1. The molecule has 1 fully saturated rings. The Kier molecular flexibility index (Phi) is 2.13. The van der Waals surface area contributed by atoms with Gasteiger partial charge in [0.2, 0.25) is 5.78 Å². The van der Waals surface area contributed by atoms with E-state index >= 15 is 0 Å². The quantitative estimate of drug-likeness (QED) is 0.681. The number of hydrogen-bond acceptors (Lipinski definition) is 3. The number of nitrogens with zero attached hydrogens (tertiary/aromatic N) is 3. The molecule has 0 aromatic carbocycles. The Balaban J connectivity index is 2.21. The highest BCUT2D eigenvalue weighted by Crippen LogP contribution is 2.37. The Hall–Kier alpha value is -1.19. The monoisotopic (exact) mass is 193 g/mol. The normalized spacial score (nSPS) is 18.2. The molecule has 1 atom stereocenters. The van der Waals surface area contributed by atoms with Crippen molar-refractivity contribution < 1.29 is 4.79 Å². The molecule has 2 rings (SSSR count). The molecule has 0 bridgehead atoms. The first-order chi connectivity index (χ1) is 6.61. The number of hydrogen-bond donors (Lipinski definition) is 0. The second kappa shape index (κ2) is 3.19. The van der Waals surface area contributed by atoms with Gasteiger partial charge in [0.25, 0.3) is 0 Å². The fourth-order valence-electron chi connectivity index (χ4n) is 1.64. The molecular formula is C10H15N3O. The molecule has 1 saturated carbocycles. The first-order valence-corrected chi connectivity index (χ1v) is 5.01. The number of ketones is 1. The van der Waals surface area contributed by atoms with Crippen molar-refractivity contribution >= 4 is 5.78 Å². The fourth-order valence-corrected chi connectivity index (χ4v) is 1.64. The van der Waals surface area contributed by atoms with Gasteiger partial charge in [-0.25, -0.2) is 0 Å². The van der Waals surface area contributed by atoms with E-state index in [2.05, 4.69) is 10.2 Å². The zero-order chi connectivity index (χ0) is 10.3. The van der Waals surface area contributed by atoms with Gasteiger partial charge in [-0.05, 0) is 25.7 Å². The van der Waals surface area contributed by atoms with E-state index in [9.17, 15) is 4.79 Å². The molecule has 4 nitrogen and oxygen atoms in total. The highest BCUT2D eigenvalue weighted by atomic mass is 16.1. The van der Waals surface area contributed by atoms with Crippen LogP contribution in [0, 0.1) is 18.8 Å². The third-order valence-electron chi connectivity index (χ3n) is 3.06. The van der Waals surface area contributed by atoms with Crippen molar-refractivity contribution in [2.24, 2.45) is 18.9 Å². The smallest absolute Gasteiger partial charge is 0.203 e.